The van der Waals surface area contributed by atoms with Crippen LogP contribution < -0.4 is 10.6 Å². The van der Waals surface area contributed by atoms with E-state index in [1.807, 2.05) is 60.8 Å². The third kappa shape index (κ3) is 5.24. The molecular weight excluding hydrogens is 331 g/mol. The van der Waals surface area contributed by atoms with Crippen LogP contribution in [0.2, 0.25) is 10.0 Å². The third-order valence-electron chi connectivity index (χ3n) is 3.80. The van der Waals surface area contributed by atoms with Gasteiger partial charge >= 0.3 is 0 Å². The second-order valence-electron chi connectivity index (χ2n) is 5.59. The van der Waals surface area contributed by atoms with E-state index in [0.29, 0.717) is 16.6 Å². The van der Waals surface area contributed by atoms with Gasteiger partial charge in [-0.2, -0.15) is 0 Å². The van der Waals surface area contributed by atoms with E-state index in [0.717, 1.165) is 11.1 Å². The maximum absolute atomic E-state index is 12.1. The quantitative estimate of drug-likeness (QED) is 0.821. The van der Waals surface area contributed by atoms with Crippen LogP contribution in [0.4, 0.5) is 0 Å². The first kappa shape index (κ1) is 17.8. The smallest absolute Gasteiger partial charge is 0.275 e. The van der Waals surface area contributed by atoms with E-state index in [2.05, 4.69) is 12.2 Å². The molecule has 0 saturated carbocycles. The minimum atomic E-state index is -0.115. The molecule has 122 valence electrons. The minimum absolute atomic E-state index is 0.0155. The first-order chi connectivity index (χ1) is 11.0. The van der Waals surface area contributed by atoms with Crippen molar-refractivity contribution >= 4 is 29.1 Å². The highest BCUT2D eigenvalue weighted by molar-refractivity contribution is 6.31. The van der Waals surface area contributed by atoms with Gasteiger partial charge in [0.25, 0.3) is 5.91 Å². The van der Waals surface area contributed by atoms with Crippen molar-refractivity contribution in [2.75, 3.05) is 6.54 Å². The standard InChI is InChI=1S/C18H20Cl2N2O/c1-12(14-7-9-15(19)10-8-14)21-11-18(23)22-13(2)16-5-3-4-6-17(16)20/h3-10,12-13,21H,11H2,1-2H3,(H,22,23)/p+1/t12-,13+/m0/s1. The fraction of sp³-hybridized carbons (Fsp3) is 0.278. The Bertz CT molecular complexity index is 658. The molecule has 0 radical (unpaired) electrons. The second kappa shape index (κ2) is 8.34. The predicted octanol–water partition coefficient (Wildman–Crippen LogP) is 3.50. The summed E-state index contributed by atoms with van der Waals surface area (Å²) < 4.78 is 0. The molecule has 0 bridgehead atoms. The molecule has 23 heavy (non-hydrogen) atoms. The van der Waals surface area contributed by atoms with Gasteiger partial charge in [0.2, 0.25) is 0 Å². The van der Waals surface area contributed by atoms with Crippen molar-refractivity contribution in [3.8, 4) is 0 Å². The van der Waals surface area contributed by atoms with Gasteiger partial charge < -0.3 is 10.6 Å². The van der Waals surface area contributed by atoms with Crippen LogP contribution in [-0.2, 0) is 4.79 Å². The average molecular weight is 352 g/mol. The Labute approximate surface area is 147 Å². The zero-order valence-electron chi connectivity index (χ0n) is 13.2. The minimum Gasteiger partial charge on any atom is -0.345 e. The molecular formula is C18H21Cl2N2O+. The van der Waals surface area contributed by atoms with E-state index in [1.54, 1.807) is 0 Å². The number of quaternary nitrogens is 1. The molecule has 0 spiro atoms. The first-order valence-corrected chi connectivity index (χ1v) is 8.35. The summed E-state index contributed by atoms with van der Waals surface area (Å²) in [6.45, 7) is 4.36. The maximum atomic E-state index is 12.1. The summed E-state index contributed by atoms with van der Waals surface area (Å²) in [5, 5.41) is 6.36. The van der Waals surface area contributed by atoms with E-state index in [4.69, 9.17) is 23.2 Å². The van der Waals surface area contributed by atoms with Gasteiger partial charge in [0.05, 0.1) is 6.04 Å². The lowest BCUT2D eigenvalue weighted by molar-refractivity contribution is -0.682. The van der Waals surface area contributed by atoms with Gasteiger partial charge in [-0.1, -0.05) is 53.5 Å². The molecule has 0 aliphatic rings. The molecule has 1 amide bonds. The summed E-state index contributed by atoms with van der Waals surface area (Å²) in [6, 6.07) is 15.3. The number of nitrogens with one attached hydrogen (secondary N) is 1. The van der Waals surface area contributed by atoms with E-state index in [1.165, 1.54) is 0 Å². The molecule has 2 rings (SSSR count). The van der Waals surface area contributed by atoms with Gasteiger partial charge in [-0.15, -0.1) is 0 Å². The summed E-state index contributed by atoms with van der Waals surface area (Å²) in [6.07, 6.45) is 0. The number of benzene rings is 2. The van der Waals surface area contributed by atoms with Gasteiger partial charge in [-0.3, -0.25) is 4.79 Å². The van der Waals surface area contributed by atoms with E-state index >= 15 is 0 Å². The van der Waals surface area contributed by atoms with Crippen molar-refractivity contribution in [1.82, 2.24) is 5.32 Å². The Kier molecular flexibility index (Phi) is 6.46. The zero-order chi connectivity index (χ0) is 16.8. The van der Waals surface area contributed by atoms with Crippen LogP contribution in [0.1, 0.15) is 37.1 Å². The van der Waals surface area contributed by atoms with E-state index < -0.39 is 0 Å². The largest absolute Gasteiger partial charge is 0.345 e. The number of hydrogen-bond donors (Lipinski definition) is 2. The number of rotatable bonds is 6. The van der Waals surface area contributed by atoms with Gasteiger partial charge in [-0.25, -0.2) is 0 Å². The molecule has 0 unspecified atom stereocenters. The fourth-order valence-corrected chi connectivity index (χ4v) is 2.82. The van der Waals surface area contributed by atoms with Gasteiger partial charge in [0, 0.05) is 15.6 Å². The monoisotopic (exact) mass is 351 g/mol. The van der Waals surface area contributed by atoms with Crippen molar-refractivity contribution in [3.63, 3.8) is 0 Å². The van der Waals surface area contributed by atoms with Crippen molar-refractivity contribution in [3.05, 3.63) is 69.7 Å². The molecule has 0 saturated heterocycles. The normalized spacial score (nSPS) is 13.4. The Hall–Kier alpha value is -1.55. The Balaban J connectivity index is 1.85. The lowest BCUT2D eigenvalue weighted by Crippen LogP contribution is -2.87. The number of nitrogens with two attached hydrogens (primary N) is 1. The summed E-state index contributed by atoms with van der Waals surface area (Å²) >= 11 is 12.0. The molecule has 0 aromatic heterocycles. The lowest BCUT2D eigenvalue weighted by Gasteiger charge is -2.16. The van der Waals surface area contributed by atoms with Crippen LogP contribution in [0.25, 0.3) is 0 Å². The van der Waals surface area contributed by atoms with Crippen molar-refractivity contribution in [2.45, 2.75) is 25.9 Å². The van der Waals surface area contributed by atoms with Crippen LogP contribution in [0.3, 0.4) is 0 Å². The van der Waals surface area contributed by atoms with Crippen molar-refractivity contribution in [2.24, 2.45) is 0 Å². The molecule has 2 aromatic carbocycles. The number of hydrogen-bond acceptors (Lipinski definition) is 1. The summed E-state index contributed by atoms with van der Waals surface area (Å²) in [7, 11) is 0. The van der Waals surface area contributed by atoms with Crippen LogP contribution in [0.5, 0.6) is 0 Å². The van der Waals surface area contributed by atoms with Crippen LogP contribution in [-0.4, -0.2) is 12.5 Å². The Morgan fingerprint density at radius 1 is 1.09 bits per heavy atom. The maximum Gasteiger partial charge on any atom is 0.275 e. The molecule has 0 fully saturated rings. The van der Waals surface area contributed by atoms with E-state index in [9.17, 15) is 4.79 Å². The van der Waals surface area contributed by atoms with Gasteiger partial charge in [-0.05, 0) is 37.6 Å². The lowest BCUT2D eigenvalue weighted by atomic mass is 10.1. The third-order valence-corrected chi connectivity index (χ3v) is 4.40. The number of carbonyl (C=O) groups is 1. The predicted molar refractivity (Wildman–Crippen MR) is 94.7 cm³/mol. The van der Waals surface area contributed by atoms with Crippen molar-refractivity contribution in [1.29, 1.82) is 0 Å². The van der Waals surface area contributed by atoms with Crippen molar-refractivity contribution < 1.29 is 10.1 Å². The highest BCUT2D eigenvalue weighted by Gasteiger charge is 2.15. The fourth-order valence-electron chi connectivity index (χ4n) is 2.39. The van der Waals surface area contributed by atoms with Crippen LogP contribution in [0, 0.1) is 0 Å². The highest BCUT2D eigenvalue weighted by atomic mass is 35.5. The molecule has 2 atom stereocenters. The molecule has 2 aromatic rings. The SMILES string of the molecule is C[C@H]([NH2+]CC(=O)N[C@H](C)c1ccccc1Cl)c1ccc(Cl)cc1. The molecule has 0 aliphatic heterocycles. The van der Waals surface area contributed by atoms with Gasteiger partial charge in [0.15, 0.2) is 6.54 Å². The molecule has 0 aliphatic carbocycles. The van der Waals surface area contributed by atoms with Crippen LogP contribution in [0.15, 0.2) is 48.5 Å². The summed E-state index contributed by atoms with van der Waals surface area (Å²) in [5.74, 6) is -0.0155. The first-order valence-electron chi connectivity index (χ1n) is 7.60. The number of amides is 1. The Morgan fingerprint density at radius 2 is 1.74 bits per heavy atom. The zero-order valence-corrected chi connectivity index (χ0v) is 14.7. The topological polar surface area (TPSA) is 45.7 Å². The molecule has 0 heterocycles. The Morgan fingerprint density at radius 3 is 2.39 bits per heavy atom. The summed E-state index contributed by atoms with van der Waals surface area (Å²) in [4.78, 5) is 12.1. The van der Waals surface area contributed by atoms with Crippen LogP contribution >= 0.6 is 23.2 Å². The molecule has 3 nitrogen and oxygen atoms in total. The highest BCUT2D eigenvalue weighted by Crippen LogP contribution is 2.21. The average Bonchev–Trinajstić information content (AvgIpc) is 2.53. The number of carbonyl (C=O) groups excluding carboxylic acids is 1. The second-order valence-corrected chi connectivity index (χ2v) is 6.43. The van der Waals surface area contributed by atoms with E-state index in [-0.39, 0.29) is 18.0 Å². The molecule has 3 N–H and O–H groups in total. The summed E-state index contributed by atoms with van der Waals surface area (Å²) in [5.41, 5.74) is 2.06. The number of halogens is 2. The van der Waals surface area contributed by atoms with Gasteiger partial charge in [0.1, 0.15) is 6.04 Å². The molecule has 5 heteroatoms.